The van der Waals surface area contributed by atoms with E-state index >= 15 is 0 Å². The van der Waals surface area contributed by atoms with Crippen LogP contribution < -0.4 is 5.32 Å². The fourth-order valence-corrected chi connectivity index (χ4v) is 3.22. The number of hydrogen-bond donors (Lipinski definition) is 2. The molecule has 1 aliphatic rings. The van der Waals surface area contributed by atoms with E-state index in [4.69, 9.17) is 4.98 Å². The molecule has 118 valence electrons. The number of nitrogens with zero attached hydrogens (tertiary/aromatic N) is 3. The van der Waals surface area contributed by atoms with Crippen molar-refractivity contribution in [3.8, 4) is 11.3 Å². The molecule has 2 unspecified atom stereocenters. The van der Waals surface area contributed by atoms with Crippen LogP contribution in [-0.4, -0.2) is 26.2 Å². The minimum atomic E-state index is 0.391. The molecule has 5 heteroatoms. The summed E-state index contributed by atoms with van der Waals surface area (Å²) in [5, 5.41) is 10.8. The first-order valence-corrected chi connectivity index (χ1v) is 8.28. The summed E-state index contributed by atoms with van der Waals surface area (Å²) in [5.74, 6) is 1.80. The van der Waals surface area contributed by atoms with E-state index in [0.717, 1.165) is 22.9 Å². The van der Waals surface area contributed by atoms with Crippen LogP contribution in [0, 0.1) is 5.92 Å². The van der Waals surface area contributed by atoms with E-state index in [2.05, 4.69) is 41.3 Å². The van der Waals surface area contributed by atoms with Gasteiger partial charge in [-0.25, -0.2) is 9.97 Å². The van der Waals surface area contributed by atoms with Crippen LogP contribution in [0.5, 0.6) is 0 Å². The molecule has 1 fully saturated rings. The van der Waals surface area contributed by atoms with Crippen molar-refractivity contribution in [2.45, 2.75) is 58.4 Å². The molecule has 0 spiro atoms. The Morgan fingerprint density at radius 3 is 2.86 bits per heavy atom. The maximum Gasteiger partial charge on any atom is 0.223 e. The predicted molar refractivity (Wildman–Crippen MR) is 88.7 cm³/mol. The molecule has 1 saturated carbocycles. The monoisotopic (exact) mass is 299 g/mol. The highest BCUT2D eigenvalue weighted by Crippen LogP contribution is 2.28. The summed E-state index contributed by atoms with van der Waals surface area (Å²) in [6.45, 7) is 6.62. The summed E-state index contributed by atoms with van der Waals surface area (Å²) in [4.78, 5) is 9.10. The molecule has 0 aromatic carbocycles. The van der Waals surface area contributed by atoms with Crippen molar-refractivity contribution in [1.29, 1.82) is 0 Å². The van der Waals surface area contributed by atoms with Gasteiger partial charge in [0.05, 0.1) is 11.9 Å². The molecule has 0 aliphatic heterocycles. The van der Waals surface area contributed by atoms with Gasteiger partial charge < -0.3 is 5.32 Å². The zero-order chi connectivity index (χ0) is 15.5. The molecule has 22 heavy (non-hydrogen) atoms. The van der Waals surface area contributed by atoms with Gasteiger partial charge in [0, 0.05) is 23.5 Å². The molecule has 2 N–H and O–H groups in total. The first-order valence-electron chi connectivity index (χ1n) is 8.28. The fourth-order valence-electron chi connectivity index (χ4n) is 3.22. The van der Waals surface area contributed by atoms with Crippen molar-refractivity contribution < 1.29 is 0 Å². The number of aromatic amines is 1. The van der Waals surface area contributed by atoms with Crippen molar-refractivity contribution in [3.63, 3.8) is 0 Å². The predicted octanol–water partition coefficient (Wildman–Crippen LogP) is 3.98. The fraction of sp³-hybridized carbons (Fsp3) is 0.588. The van der Waals surface area contributed by atoms with E-state index in [0.29, 0.717) is 17.9 Å². The van der Waals surface area contributed by atoms with Gasteiger partial charge in [0.15, 0.2) is 0 Å². The third kappa shape index (κ3) is 3.13. The highest BCUT2D eigenvalue weighted by molar-refractivity contribution is 5.62. The minimum absolute atomic E-state index is 0.391. The highest BCUT2D eigenvalue weighted by Gasteiger charge is 2.22. The van der Waals surface area contributed by atoms with Crippen LogP contribution in [0.25, 0.3) is 11.3 Å². The number of aromatic nitrogens is 4. The Morgan fingerprint density at radius 1 is 1.27 bits per heavy atom. The van der Waals surface area contributed by atoms with Gasteiger partial charge in [0.2, 0.25) is 5.95 Å². The van der Waals surface area contributed by atoms with Gasteiger partial charge in [-0.1, -0.05) is 33.6 Å². The minimum Gasteiger partial charge on any atom is -0.351 e. The van der Waals surface area contributed by atoms with Crippen molar-refractivity contribution >= 4 is 5.95 Å². The summed E-state index contributed by atoms with van der Waals surface area (Å²) in [5.41, 5.74) is 3.12. The Kier molecular flexibility index (Phi) is 4.41. The molecule has 0 saturated heterocycles. The van der Waals surface area contributed by atoms with Crippen molar-refractivity contribution in [2.75, 3.05) is 5.32 Å². The van der Waals surface area contributed by atoms with Crippen molar-refractivity contribution in [1.82, 2.24) is 20.2 Å². The summed E-state index contributed by atoms with van der Waals surface area (Å²) < 4.78 is 0. The Hall–Kier alpha value is -1.91. The molecule has 5 nitrogen and oxygen atoms in total. The molecular formula is C17H25N5. The average molecular weight is 299 g/mol. The molecule has 0 amide bonds. The van der Waals surface area contributed by atoms with Crippen LogP contribution in [-0.2, 0) is 0 Å². The molecule has 0 bridgehead atoms. The second-order valence-corrected chi connectivity index (χ2v) is 6.63. The van der Waals surface area contributed by atoms with Gasteiger partial charge in [-0.05, 0) is 30.7 Å². The summed E-state index contributed by atoms with van der Waals surface area (Å²) in [7, 11) is 0. The quantitative estimate of drug-likeness (QED) is 0.896. The number of hydrogen-bond acceptors (Lipinski definition) is 4. The van der Waals surface area contributed by atoms with Crippen LogP contribution in [0.1, 0.15) is 58.1 Å². The summed E-state index contributed by atoms with van der Waals surface area (Å²) in [6.07, 6.45) is 8.81. The second kappa shape index (κ2) is 6.46. The maximum absolute atomic E-state index is 4.70. The Morgan fingerprint density at radius 2 is 2.09 bits per heavy atom. The van der Waals surface area contributed by atoms with Crippen LogP contribution >= 0.6 is 0 Å². The molecule has 2 aromatic rings. The first kappa shape index (κ1) is 15.0. The van der Waals surface area contributed by atoms with E-state index in [1.165, 1.54) is 25.7 Å². The van der Waals surface area contributed by atoms with Gasteiger partial charge in [-0.3, -0.25) is 5.10 Å². The van der Waals surface area contributed by atoms with Gasteiger partial charge in [-0.15, -0.1) is 0 Å². The van der Waals surface area contributed by atoms with Crippen molar-refractivity contribution in [3.05, 3.63) is 24.2 Å². The van der Waals surface area contributed by atoms with Crippen LogP contribution in [0.3, 0.4) is 0 Å². The van der Waals surface area contributed by atoms with Gasteiger partial charge in [0.25, 0.3) is 0 Å². The SMILES string of the molecule is CC(C)c1[nH]ncc1-c1ccnc(NC2CCCCC2C)n1. The molecule has 2 heterocycles. The number of nitrogens with one attached hydrogen (secondary N) is 2. The normalized spacial score (nSPS) is 22.0. The lowest BCUT2D eigenvalue weighted by Crippen LogP contribution is -2.31. The molecule has 2 aromatic heterocycles. The van der Waals surface area contributed by atoms with Crippen molar-refractivity contribution in [2.24, 2.45) is 5.92 Å². The highest BCUT2D eigenvalue weighted by atomic mass is 15.1. The molecule has 0 radical (unpaired) electrons. The van der Waals surface area contributed by atoms with Crippen LogP contribution in [0.15, 0.2) is 18.5 Å². The van der Waals surface area contributed by atoms with E-state index in [-0.39, 0.29) is 0 Å². The van der Waals surface area contributed by atoms with E-state index < -0.39 is 0 Å². The molecule has 2 atom stereocenters. The van der Waals surface area contributed by atoms with Crippen LogP contribution in [0.4, 0.5) is 5.95 Å². The van der Waals surface area contributed by atoms with E-state index in [1.54, 1.807) is 0 Å². The van der Waals surface area contributed by atoms with E-state index in [9.17, 15) is 0 Å². The summed E-state index contributed by atoms with van der Waals surface area (Å²) >= 11 is 0. The van der Waals surface area contributed by atoms with Gasteiger partial charge in [-0.2, -0.15) is 5.10 Å². The Bertz CT molecular complexity index is 619. The number of anilines is 1. The summed E-state index contributed by atoms with van der Waals surface area (Å²) in [6, 6.07) is 2.43. The van der Waals surface area contributed by atoms with Gasteiger partial charge in [0.1, 0.15) is 0 Å². The lowest BCUT2D eigenvalue weighted by atomic mass is 9.86. The second-order valence-electron chi connectivity index (χ2n) is 6.63. The van der Waals surface area contributed by atoms with Crippen LogP contribution in [0.2, 0.25) is 0 Å². The molecule has 1 aliphatic carbocycles. The topological polar surface area (TPSA) is 66.5 Å². The van der Waals surface area contributed by atoms with E-state index in [1.807, 2.05) is 18.5 Å². The molecule has 3 rings (SSSR count). The molecular weight excluding hydrogens is 274 g/mol. The lowest BCUT2D eigenvalue weighted by Gasteiger charge is -2.29. The number of H-pyrrole nitrogens is 1. The zero-order valence-corrected chi connectivity index (χ0v) is 13.6. The Labute approximate surface area is 132 Å². The first-order chi connectivity index (χ1) is 10.6. The zero-order valence-electron chi connectivity index (χ0n) is 13.6. The van der Waals surface area contributed by atoms with Gasteiger partial charge >= 0.3 is 0 Å². The third-order valence-electron chi connectivity index (χ3n) is 4.60. The average Bonchev–Trinajstić information content (AvgIpc) is 3.00. The third-order valence-corrected chi connectivity index (χ3v) is 4.60. The smallest absolute Gasteiger partial charge is 0.223 e. The maximum atomic E-state index is 4.70. The largest absolute Gasteiger partial charge is 0.351 e. The number of rotatable bonds is 4. The lowest BCUT2D eigenvalue weighted by molar-refractivity contribution is 0.348. The Balaban J connectivity index is 1.82. The standard InChI is InChI=1S/C17H25N5/c1-11(2)16-13(10-19-22-16)15-8-9-18-17(21-15)20-14-7-5-4-6-12(14)3/h8-12,14H,4-7H2,1-3H3,(H,19,22)(H,18,20,21).